The lowest BCUT2D eigenvalue weighted by Crippen LogP contribution is -2.52. The van der Waals surface area contributed by atoms with Crippen LogP contribution in [-0.4, -0.2) is 42.3 Å². The first kappa shape index (κ1) is 17.0. The van der Waals surface area contributed by atoms with Gasteiger partial charge in [0.1, 0.15) is 6.10 Å². The highest BCUT2D eigenvalue weighted by Gasteiger charge is 2.37. The number of benzene rings is 2. The number of hydrogen-bond acceptors (Lipinski definition) is 4. The molecule has 0 N–H and O–H groups in total. The third-order valence-electron chi connectivity index (χ3n) is 5.44. The van der Waals surface area contributed by atoms with E-state index in [2.05, 4.69) is 9.89 Å². The number of para-hydroxylation sites is 1. The van der Waals surface area contributed by atoms with Crippen LogP contribution in [-0.2, 0) is 9.53 Å². The number of ether oxygens (including phenoxy) is 1. The second kappa shape index (κ2) is 7.42. The smallest absolute Gasteiger partial charge is 0.357 e. The Labute approximate surface area is 154 Å². The number of aliphatic imine (C=N–C) groups is 1. The second-order valence-electron chi connectivity index (χ2n) is 7.19. The van der Waals surface area contributed by atoms with Gasteiger partial charge in [-0.3, -0.25) is 4.90 Å². The molecule has 1 unspecified atom stereocenters. The molecule has 3 fully saturated rings. The molecule has 3 heterocycles. The van der Waals surface area contributed by atoms with Crippen molar-refractivity contribution in [3.8, 4) is 0 Å². The van der Waals surface area contributed by atoms with E-state index in [9.17, 15) is 4.79 Å². The number of rotatable bonds is 4. The number of piperidine rings is 3. The average molecular weight is 348 g/mol. The van der Waals surface area contributed by atoms with E-state index in [1.807, 2.05) is 61.5 Å². The molecule has 3 aliphatic heterocycles. The summed E-state index contributed by atoms with van der Waals surface area (Å²) in [5.74, 6) is 0.164. The first-order chi connectivity index (χ1) is 12.7. The number of hydrogen-bond donors (Lipinski definition) is 0. The first-order valence-corrected chi connectivity index (χ1v) is 9.34. The maximum absolute atomic E-state index is 13.0. The molecular formula is C22H24N2O2. The molecule has 2 aromatic carbocycles. The summed E-state index contributed by atoms with van der Waals surface area (Å²) in [7, 11) is 0. The maximum Gasteiger partial charge on any atom is 0.357 e. The predicted molar refractivity (Wildman–Crippen MR) is 103 cm³/mol. The fourth-order valence-corrected chi connectivity index (χ4v) is 3.87. The van der Waals surface area contributed by atoms with Crippen LogP contribution in [0, 0.1) is 12.8 Å². The molecule has 2 bridgehead atoms. The SMILES string of the molecule is Cc1ccccc1N=C(C(=O)OC1CN2CCC1CC2)c1ccccc1. The average Bonchev–Trinajstić information content (AvgIpc) is 2.69. The van der Waals surface area contributed by atoms with E-state index >= 15 is 0 Å². The van der Waals surface area contributed by atoms with E-state index in [1.54, 1.807) is 0 Å². The van der Waals surface area contributed by atoms with Crippen molar-refractivity contribution in [3.63, 3.8) is 0 Å². The van der Waals surface area contributed by atoms with E-state index in [0.29, 0.717) is 11.6 Å². The molecule has 26 heavy (non-hydrogen) atoms. The Morgan fingerprint density at radius 1 is 1.04 bits per heavy atom. The minimum absolute atomic E-state index is 0.0178. The molecule has 4 nitrogen and oxygen atoms in total. The van der Waals surface area contributed by atoms with Crippen LogP contribution in [0.1, 0.15) is 24.0 Å². The summed E-state index contributed by atoms with van der Waals surface area (Å²) >= 11 is 0. The highest BCUT2D eigenvalue weighted by atomic mass is 16.5. The van der Waals surface area contributed by atoms with Crippen LogP contribution >= 0.6 is 0 Å². The summed E-state index contributed by atoms with van der Waals surface area (Å²) in [5, 5.41) is 0. The van der Waals surface area contributed by atoms with Gasteiger partial charge in [0.2, 0.25) is 0 Å². The topological polar surface area (TPSA) is 41.9 Å². The second-order valence-corrected chi connectivity index (χ2v) is 7.19. The van der Waals surface area contributed by atoms with Gasteiger partial charge in [-0.05, 0) is 50.4 Å². The highest BCUT2D eigenvalue weighted by Crippen LogP contribution is 2.30. The van der Waals surface area contributed by atoms with Gasteiger partial charge in [-0.1, -0.05) is 48.5 Å². The Morgan fingerprint density at radius 3 is 2.38 bits per heavy atom. The van der Waals surface area contributed by atoms with Crippen LogP contribution in [0.25, 0.3) is 0 Å². The van der Waals surface area contributed by atoms with Crippen molar-refractivity contribution in [2.45, 2.75) is 25.9 Å². The molecule has 3 saturated heterocycles. The number of nitrogens with zero attached hydrogens (tertiary/aromatic N) is 2. The molecule has 0 saturated carbocycles. The number of fused-ring (bicyclic) bond motifs is 3. The quantitative estimate of drug-likeness (QED) is 0.624. The monoisotopic (exact) mass is 348 g/mol. The zero-order valence-corrected chi connectivity index (χ0v) is 15.1. The van der Waals surface area contributed by atoms with E-state index in [0.717, 1.165) is 49.3 Å². The molecule has 0 radical (unpaired) electrons. The Bertz CT molecular complexity index is 808. The normalized spacial score (nSPS) is 25.1. The van der Waals surface area contributed by atoms with Gasteiger partial charge in [0.05, 0.1) is 5.69 Å². The predicted octanol–water partition coefficient (Wildman–Crippen LogP) is 3.75. The van der Waals surface area contributed by atoms with Gasteiger partial charge in [0.25, 0.3) is 0 Å². The summed E-state index contributed by atoms with van der Waals surface area (Å²) in [6.45, 7) is 5.10. The van der Waals surface area contributed by atoms with Gasteiger partial charge < -0.3 is 4.74 Å². The lowest BCUT2D eigenvalue weighted by atomic mass is 9.86. The molecule has 0 aliphatic carbocycles. The number of carbonyl (C=O) groups excluding carboxylic acids is 1. The van der Waals surface area contributed by atoms with Crippen LogP contribution in [0.2, 0.25) is 0 Å². The van der Waals surface area contributed by atoms with Crippen molar-refractivity contribution in [2.75, 3.05) is 19.6 Å². The third-order valence-corrected chi connectivity index (χ3v) is 5.44. The largest absolute Gasteiger partial charge is 0.456 e. The van der Waals surface area contributed by atoms with Gasteiger partial charge in [-0.2, -0.15) is 0 Å². The van der Waals surface area contributed by atoms with Crippen LogP contribution in [0.5, 0.6) is 0 Å². The fraction of sp³-hybridized carbons (Fsp3) is 0.364. The van der Waals surface area contributed by atoms with Crippen LogP contribution in [0.15, 0.2) is 59.6 Å². The number of aryl methyl sites for hydroxylation is 1. The molecular weight excluding hydrogens is 324 g/mol. The Morgan fingerprint density at radius 2 is 1.73 bits per heavy atom. The summed E-state index contributed by atoms with van der Waals surface area (Å²) < 4.78 is 5.94. The molecule has 0 aromatic heterocycles. The molecule has 2 aromatic rings. The molecule has 3 aliphatic rings. The Balaban J connectivity index is 1.63. The van der Waals surface area contributed by atoms with Gasteiger partial charge in [-0.15, -0.1) is 0 Å². The van der Waals surface area contributed by atoms with Crippen molar-refractivity contribution in [1.29, 1.82) is 0 Å². The van der Waals surface area contributed by atoms with E-state index in [1.165, 1.54) is 0 Å². The van der Waals surface area contributed by atoms with Gasteiger partial charge in [0, 0.05) is 12.1 Å². The maximum atomic E-state index is 13.0. The zero-order valence-electron chi connectivity index (χ0n) is 15.1. The summed E-state index contributed by atoms with van der Waals surface area (Å²) in [5.41, 5.74) is 3.02. The summed E-state index contributed by atoms with van der Waals surface area (Å²) in [6.07, 6.45) is 2.22. The van der Waals surface area contributed by atoms with Gasteiger partial charge in [0.15, 0.2) is 5.71 Å². The van der Waals surface area contributed by atoms with Gasteiger partial charge >= 0.3 is 5.97 Å². The van der Waals surface area contributed by atoms with Crippen molar-refractivity contribution in [1.82, 2.24) is 4.90 Å². The Hall–Kier alpha value is -2.46. The molecule has 134 valence electrons. The van der Waals surface area contributed by atoms with Gasteiger partial charge in [-0.25, -0.2) is 9.79 Å². The first-order valence-electron chi connectivity index (χ1n) is 9.34. The fourth-order valence-electron chi connectivity index (χ4n) is 3.87. The number of carbonyl (C=O) groups is 1. The van der Waals surface area contributed by atoms with Crippen LogP contribution < -0.4 is 0 Å². The highest BCUT2D eigenvalue weighted by molar-refractivity contribution is 6.43. The summed E-state index contributed by atoms with van der Waals surface area (Å²) in [6, 6.07) is 17.4. The third kappa shape index (κ3) is 3.56. The van der Waals surface area contributed by atoms with Crippen molar-refractivity contribution < 1.29 is 9.53 Å². The summed E-state index contributed by atoms with van der Waals surface area (Å²) in [4.78, 5) is 20.1. The molecule has 4 heteroatoms. The van der Waals surface area contributed by atoms with E-state index < -0.39 is 0 Å². The Kier molecular flexibility index (Phi) is 4.85. The standard InChI is InChI=1S/C22H24N2O2/c1-16-7-5-6-10-19(16)23-21(18-8-3-2-4-9-18)22(25)26-20-15-24-13-11-17(20)12-14-24/h2-10,17,20H,11-15H2,1H3. The van der Waals surface area contributed by atoms with Crippen molar-refractivity contribution >= 4 is 17.4 Å². The molecule has 0 amide bonds. The van der Waals surface area contributed by atoms with Crippen LogP contribution in [0.3, 0.4) is 0 Å². The van der Waals surface area contributed by atoms with Crippen molar-refractivity contribution in [2.24, 2.45) is 10.9 Å². The number of esters is 1. The van der Waals surface area contributed by atoms with E-state index in [4.69, 9.17) is 4.74 Å². The molecule has 5 rings (SSSR count). The molecule has 0 spiro atoms. The zero-order chi connectivity index (χ0) is 17.9. The lowest BCUT2D eigenvalue weighted by Gasteiger charge is -2.43. The molecule has 1 atom stereocenters. The minimum atomic E-state index is -0.321. The lowest BCUT2D eigenvalue weighted by molar-refractivity contribution is -0.150. The van der Waals surface area contributed by atoms with E-state index in [-0.39, 0.29) is 12.1 Å². The van der Waals surface area contributed by atoms with Crippen LogP contribution in [0.4, 0.5) is 5.69 Å². The van der Waals surface area contributed by atoms with Crippen molar-refractivity contribution in [3.05, 3.63) is 65.7 Å². The minimum Gasteiger partial charge on any atom is -0.456 e.